The van der Waals surface area contributed by atoms with Gasteiger partial charge in [0.25, 0.3) is 0 Å². The Bertz CT molecular complexity index is 1150. The number of rotatable bonds is 4. The van der Waals surface area contributed by atoms with Crippen LogP contribution in [0.5, 0.6) is 0 Å². The lowest BCUT2D eigenvalue weighted by Crippen LogP contribution is -1.95. The minimum absolute atomic E-state index is 0.0460. The van der Waals surface area contributed by atoms with Crippen molar-refractivity contribution in [3.05, 3.63) is 102 Å². The van der Waals surface area contributed by atoms with E-state index in [1.165, 1.54) is 0 Å². The Kier molecular flexibility index (Phi) is 4.50. The maximum atomic E-state index is 12.2. The summed E-state index contributed by atoms with van der Waals surface area (Å²) in [6, 6.07) is 27.0. The number of nitrogens with two attached hydrogens (primary N) is 1. The third kappa shape index (κ3) is 3.62. The Hall–Kier alpha value is -3.72. The summed E-state index contributed by atoms with van der Waals surface area (Å²) in [7, 11) is 0. The van der Waals surface area contributed by atoms with Crippen LogP contribution >= 0.6 is 0 Å². The van der Waals surface area contributed by atoms with Gasteiger partial charge in [-0.1, -0.05) is 66.7 Å². The summed E-state index contributed by atoms with van der Waals surface area (Å²) < 4.78 is 0. The molecule has 0 aliphatic rings. The van der Waals surface area contributed by atoms with Crippen LogP contribution in [0.15, 0.2) is 91.0 Å². The first-order valence-corrected chi connectivity index (χ1v) is 8.74. The molecule has 0 spiro atoms. The van der Waals surface area contributed by atoms with Gasteiger partial charge in [0, 0.05) is 22.2 Å². The van der Waals surface area contributed by atoms with E-state index in [0.717, 1.165) is 27.7 Å². The summed E-state index contributed by atoms with van der Waals surface area (Å²) >= 11 is 0. The molecule has 0 atom stereocenters. The van der Waals surface area contributed by atoms with Crippen molar-refractivity contribution in [2.24, 2.45) is 0 Å². The van der Waals surface area contributed by atoms with Crippen LogP contribution in [-0.4, -0.2) is 10.8 Å². The number of benzene rings is 3. The molecular weight excluding hydrogens is 332 g/mol. The van der Waals surface area contributed by atoms with Crippen LogP contribution in [0, 0.1) is 0 Å². The molecule has 4 rings (SSSR count). The third-order valence-corrected chi connectivity index (χ3v) is 4.45. The average Bonchev–Trinajstić information content (AvgIpc) is 2.73. The Morgan fingerprint density at radius 1 is 0.852 bits per heavy atom. The van der Waals surface area contributed by atoms with E-state index in [-0.39, 0.29) is 5.78 Å². The molecule has 0 amide bonds. The van der Waals surface area contributed by atoms with Crippen molar-refractivity contribution in [2.45, 2.75) is 0 Å². The molecule has 4 aromatic rings. The van der Waals surface area contributed by atoms with Crippen LogP contribution in [0.25, 0.3) is 28.2 Å². The van der Waals surface area contributed by atoms with Gasteiger partial charge in [0.15, 0.2) is 5.78 Å². The van der Waals surface area contributed by atoms with Gasteiger partial charge in [-0.25, -0.2) is 4.98 Å². The maximum Gasteiger partial charge on any atom is 0.185 e. The van der Waals surface area contributed by atoms with E-state index in [1.807, 2.05) is 66.7 Å². The van der Waals surface area contributed by atoms with Crippen molar-refractivity contribution in [3.8, 4) is 11.3 Å². The third-order valence-electron chi connectivity index (χ3n) is 4.45. The van der Waals surface area contributed by atoms with Crippen molar-refractivity contribution in [1.29, 1.82) is 0 Å². The van der Waals surface area contributed by atoms with E-state index in [0.29, 0.717) is 11.3 Å². The van der Waals surface area contributed by atoms with E-state index >= 15 is 0 Å². The molecular formula is C24H18N2O. The normalized spacial score (nSPS) is 11.1. The first-order chi connectivity index (χ1) is 13.2. The van der Waals surface area contributed by atoms with E-state index in [2.05, 4.69) is 6.07 Å². The van der Waals surface area contributed by atoms with E-state index in [1.54, 1.807) is 24.3 Å². The fourth-order valence-electron chi connectivity index (χ4n) is 2.98. The van der Waals surface area contributed by atoms with Gasteiger partial charge in [0.05, 0.1) is 11.2 Å². The molecule has 0 unspecified atom stereocenters. The number of hydrogen-bond donors (Lipinski definition) is 1. The van der Waals surface area contributed by atoms with Crippen LogP contribution in [0.4, 0.5) is 5.69 Å². The van der Waals surface area contributed by atoms with E-state index in [9.17, 15) is 4.79 Å². The predicted molar refractivity (Wildman–Crippen MR) is 111 cm³/mol. The van der Waals surface area contributed by atoms with Crippen molar-refractivity contribution < 1.29 is 4.79 Å². The molecule has 27 heavy (non-hydrogen) atoms. The number of para-hydroxylation sites is 1. The monoisotopic (exact) mass is 350 g/mol. The zero-order valence-corrected chi connectivity index (χ0v) is 14.7. The largest absolute Gasteiger partial charge is 0.398 e. The molecule has 0 fully saturated rings. The van der Waals surface area contributed by atoms with Crippen LogP contribution in [0.3, 0.4) is 0 Å². The number of ketones is 1. The minimum atomic E-state index is -0.0460. The Labute approximate surface area is 157 Å². The number of nitrogens with zero attached hydrogens (tertiary/aromatic N) is 1. The minimum Gasteiger partial charge on any atom is -0.398 e. The molecule has 130 valence electrons. The van der Waals surface area contributed by atoms with Gasteiger partial charge in [-0.15, -0.1) is 0 Å². The predicted octanol–water partition coefficient (Wildman–Crippen LogP) is 5.38. The first-order valence-electron chi connectivity index (χ1n) is 8.74. The van der Waals surface area contributed by atoms with Crippen LogP contribution in [-0.2, 0) is 0 Å². The summed E-state index contributed by atoms with van der Waals surface area (Å²) in [6.45, 7) is 0. The molecule has 0 bridgehead atoms. The Morgan fingerprint density at radius 2 is 1.63 bits per heavy atom. The molecule has 3 nitrogen and oxygen atoms in total. The second-order valence-electron chi connectivity index (χ2n) is 6.30. The Balaban J connectivity index is 1.60. The molecule has 0 saturated heterocycles. The number of allylic oxidation sites excluding steroid dienone is 1. The molecule has 0 aliphatic heterocycles. The van der Waals surface area contributed by atoms with Gasteiger partial charge in [-0.2, -0.15) is 0 Å². The number of nitrogen functional groups attached to an aromatic ring is 1. The number of hydrogen-bond acceptors (Lipinski definition) is 3. The first kappa shape index (κ1) is 16.7. The summed E-state index contributed by atoms with van der Waals surface area (Å²) in [5.41, 5.74) is 11.1. The molecule has 0 radical (unpaired) electrons. The number of carbonyl (C=O) groups is 1. The lowest BCUT2D eigenvalue weighted by Gasteiger charge is -2.06. The molecule has 0 aliphatic carbocycles. The number of carbonyl (C=O) groups excluding carboxylic acids is 1. The van der Waals surface area contributed by atoms with Crippen molar-refractivity contribution in [1.82, 2.24) is 4.98 Å². The molecule has 2 N–H and O–H groups in total. The molecule has 3 aromatic carbocycles. The van der Waals surface area contributed by atoms with Crippen LogP contribution in [0.1, 0.15) is 15.9 Å². The van der Waals surface area contributed by atoms with Gasteiger partial charge < -0.3 is 5.73 Å². The highest BCUT2D eigenvalue weighted by Gasteiger charge is 2.05. The molecule has 1 heterocycles. The quantitative estimate of drug-likeness (QED) is 0.305. The zero-order chi connectivity index (χ0) is 18.6. The highest BCUT2D eigenvalue weighted by molar-refractivity contribution is 6.07. The lowest BCUT2D eigenvalue weighted by molar-refractivity contribution is 0.104. The number of anilines is 1. The van der Waals surface area contributed by atoms with Gasteiger partial charge in [0.2, 0.25) is 0 Å². The second kappa shape index (κ2) is 7.26. The highest BCUT2D eigenvalue weighted by atomic mass is 16.1. The summed E-state index contributed by atoms with van der Waals surface area (Å²) in [6.07, 6.45) is 3.30. The van der Waals surface area contributed by atoms with Crippen molar-refractivity contribution >= 4 is 28.4 Å². The standard InChI is InChI=1S/C24H18N2O/c25-21-16-20(23-14-12-18-6-4-5-9-22(18)26-23)11-10-17(21)13-15-24(27)19-7-2-1-3-8-19/h1-16H,25H2. The smallest absolute Gasteiger partial charge is 0.185 e. The van der Waals surface area contributed by atoms with Gasteiger partial charge in [-0.3, -0.25) is 4.79 Å². The van der Waals surface area contributed by atoms with Crippen LogP contribution < -0.4 is 5.73 Å². The fourth-order valence-corrected chi connectivity index (χ4v) is 2.98. The molecule has 1 aromatic heterocycles. The summed E-state index contributed by atoms with van der Waals surface area (Å²) in [5, 5.41) is 1.10. The number of aromatic nitrogens is 1. The fraction of sp³-hybridized carbons (Fsp3) is 0. The van der Waals surface area contributed by atoms with Gasteiger partial charge >= 0.3 is 0 Å². The van der Waals surface area contributed by atoms with Crippen molar-refractivity contribution in [2.75, 3.05) is 5.73 Å². The Morgan fingerprint density at radius 3 is 2.44 bits per heavy atom. The average molecular weight is 350 g/mol. The lowest BCUT2D eigenvalue weighted by atomic mass is 10.0. The summed E-state index contributed by atoms with van der Waals surface area (Å²) in [4.78, 5) is 16.9. The zero-order valence-electron chi connectivity index (χ0n) is 14.7. The number of pyridine rings is 1. The van der Waals surface area contributed by atoms with Gasteiger partial charge in [0.1, 0.15) is 0 Å². The second-order valence-corrected chi connectivity index (χ2v) is 6.30. The van der Waals surface area contributed by atoms with Crippen molar-refractivity contribution in [3.63, 3.8) is 0 Å². The van der Waals surface area contributed by atoms with Gasteiger partial charge in [-0.05, 0) is 35.9 Å². The topological polar surface area (TPSA) is 56.0 Å². The molecule has 3 heteroatoms. The maximum absolute atomic E-state index is 12.2. The highest BCUT2D eigenvalue weighted by Crippen LogP contribution is 2.25. The SMILES string of the molecule is Nc1cc(-c2ccc3ccccc3n2)ccc1C=CC(=O)c1ccccc1. The number of fused-ring (bicyclic) bond motifs is 1. The molecule has 0 saturated carbocycles. The van der Waals surface area contributed by atoms with E-state index < -0.39 is 0 Å². The van der Waals surface area contributed by atoms with Crippen LogP contribution in [0.2, 0.25) is 0 Å². The van der Waals surface area contributed by atoms with E-state index in [4.69, 9.17) is 10.7 Å². The summed E-state index contributed by atoms with van der Waals surface area (Å²) in [5.74, 6) is -0.0460.